The van der Waals surface area contributed by atoms with Crippen LogP contribution in [0, 0.1) is 21.7 Å². The van der Waals surface area contributed by atoms with Gasteiger partial charge in [0.15, 0.2) is 6.10 Å². The molecule has 0 aliphatic heterocycles. The molecule has 8 heteroatoms. The van der Waals surface area contributed by atoms with E-state index in [9.17, 15) is 23.7 Å². The van der Waals surface area contributed by atoms with E-state index in [0.29, 0.717) is 5.69 Å². The van der Waals surface area contributed by atoms with Crippen LogP contribution in [0.2, 0.25) is 0 Å². The second kappa shape index (κ2) is 6.82. The van der Waals surface area contributed by atoms with Gasteiger partial charge in [-0.25, -0.2) is 8.78 Å². The maximum Gasteiger partial charge on any atom is 0.311 e. The molecule has 23 heavy (non-hydrogen) atoms. The van der Waals surface area contributed by atoms with Crippen LogP contribution in [0.25, 0.3) is 0 Å². The van der Waals surface area contributed by atoms with Crippen molar-refractivity contribution in [1.29, 1.82) is 0 Å². The fourth-order valence-corrected chi connectivity index (χ4v) is 1.75. The van der Waals surface area contributed by atoms with Crippen molar-refractivity contribution < 1.29 is 23.2 Å². The lowest BCUT2D eigenvalue weighted by molar-refractivity contribution is -0.386. The third kappa shape index (κ3) is 4.22. The van der Waals surface area contributed by atoms with Gasteiger partial charge in [0.25, 0.3) is 5.91 Å². The van der Waals surface area contributed by atoms with Crippen molar-refractivity contribution >= 4 is 17.3 Å². The van der Waals surface area contributed by atoms with Crippen LogP contribution in [0.4, 0.5) is 20.2 Å². The molecular formula is C15H12F2N2O4. The predicted octanol–water partition coefficient (Wildman–Crippen LogP) is 3.28. The first-order valence-electron chi connectivity index (χ1n) is 6.54. The second-order valence-corrected chi connectivity index (χ2v) is 4.63. The Hall–Kier alpha value is -3.03. The van der Waals surface area contributed by atoms with E-state index >= 15 is 0 Å². The number of ether oxygens (including phenoxy) is 1. The molecule has 0 saturated heterocycles. The summed E-state index contributed by atoms with van der Waals surface area (Å²) in [5.41, 5.74) is -0.117. The van der Waals surface area contributed by atoms with Gasteiger partial charge in [-0.15, -0.1) is 0 Å². The van der Waals surface area contributed by atoms with E-state index < -0.39 is 34.3 Å². The molecule has 0 radical (unpaired) electrons. The molecule has 2 aromatic rings. The average Bonchev–Trinajstić information content (AvgIpc) is 2.49. The quantitative estimate of drug-likeness (QED) is 0.676. The molecule has 0 fully saturated rings. The fraction of sp³-hybridized carbons (Fsp3) is 0.133. The Morgan fingerprint density at radius 3 is 2.39 bits per heavy atom. The summed E-state index contributed by atoms with van der Waals surface area (Å²) in [6.45, 7) is 1.35. The molecule has 1 atom stereocenters. The molecule has 2 aromatic carbocycles. The number of benzene rings is 2. The summed E-state index contributed by atoms with van der Waals surface area (Å²) in [7, 11) is 0. The third-order valence-corrected chi connectivity index (χ3v) is 2.90. The van der Waals surface area contributed by atoms with Crippen molar-refractivity contribution in [2.75, 3.05) is 5.32 Å². The van der Waals surface area contributed by atoms with E-state index in [1.54, 1.807) is 0 Å². The first-order valence-corrected chi connectivity index (χ1v) is 6.54. The van der Waals surface area contributed by atoms with Gasteiger partial charge in [-0.05, 0) is 37.3 Å². The molecule has 1 N–H and O–H groups in total. The van der Waals surface area contributed by atoms with Gasteiger partial charge in [-0.2, -0.15) is 0 Å². The zero-order valence-corrected chi connectivity index (χ0v) is 12.0. The number of hydrogen-bond acceptors (Lipinski definition) is 4. The van der Waals surface area contributed by atoms with Crippen molar-refractivity contribution in [3.63, 3.8) is 0 Å². The van der Waals surface area contributed by atoms with Crippen LogP contribution in [0.15, 0.2) is 42.5 Å². The zero-order chi connectivity index (χ0) is 17.0. The highest BCUT2D eigenvalue weighted by atomic mass is 19.1. The highest BCUT2D eigenvalue weighted by Crippen LogP contribution is 2.28. The number of hydrogen-bond donors (Lipinski definition) is 1. The summed E-state index contributed by atoms with van der Waals surface area (Å²) in [5, 5.41) is 13.3. The molecule has 0 heterocycles. The van der Waals surface area contributed by atoms with Crippen molar-refractivity contribution in [1.82, 2.24) is 0 Å². The Morgan fingerprint density at radius 1 is 1.17 bits per heavy atom. The van der Waals surface area contributed by atoms with Gasteiger partial charge in [0.2, 0.25) is 5.75 Å². The van der Waals surface area contributed by atoms with Crippen LogP contribution in [0.5, 0.6) is 5.75 Å². The predicted molar refractivity (Wildman–Crippen MR) is 78.2 cm³/mol. The first kappa shape index (κ1) is 16.3. The van der Waals surface area contributed by atoms with Crippen LogP contribution in [0.3, 0.4) is 0 Å². The van der Waals surface area contributed by atoms with E-state index in [1.165, 1.54) is 31.2 Å². The number of nitrogens with one attached hydrogen (secondary N) is 1. The van der Waals surface area contributed by atoms with Crippen molar-refractivity contribution in [2.45, 2.75) is 13.0 Å². The van der Waals surface area contributed by atoms with Gasteiger partial charge < -0.3 is 10.1 Å². The maximum absolute atomic E-state index is 13.2. The summed E-state index contributed by atoms with van der Waals surface area (Å²) in [4.78, 5) is 22.1. The first-order chi connectivity index (χ1) is 10.9. The molecule has 0 spiro atoms. The number of nitro benzene ring substituents is 1. The van der Waals surface area contributed by atoms with Crippen LogP contribution in [0.1, 0.15) is 6.92 Å². The molecule has 6 nitrogen and oxygen atoms in total. The molecule has 0 aliphatic rings. The lowest BCUT2D eigenvalue weighted by Gasteiger charge is -2.14. The van der Waals surface area contributed by atoms with E-state index in [-0.39, 0.29) is 5.75 Å². The van der Waals surface area contributed by atoms with E-state index in [2.05, 4.69) is 5.32 Å². The minimum atomic E-state index is -1.12. The molecular weight excluding hydrogens is 310 g/mol. The SMILES string of the molecule is CC(Oc1cc(F)ccc1[N+](=O)[O-])C(=O)Nc1ccc(F)cc1. The molecule has 0 saturated carbocycles. The number of amides is 1. The van der Waals surface area contributed by atoms with E-state index in [1.807, 2.05) is 0 Å². The van der Waals surface area contributed by atoms with Crippen LogP contribution >= 0.6 is 0 Å². The number of anilines is 1. The minimum Gasteiger partial charge on any atom is -0.474 e. The summed E-state index contributed by atoms with van der Waals surface area (Å²) in [5.74, 6) is -2.15. The van der Waals surface area contributed by atoms with Crippen molar-refractivity contribution in [2.24, 2.45) is 0 Å². The van der Waals surface area contributed by atoms with Gasteiger partial charge in [0.1, 0.15) is 11.6 Å². The summed E-state index contributed by atoms with van der Waals surface area (Å²) >= 11 is 0. The fourth-order valence-electron chi connectivity index (χ4n) is 1.75. The second-order valence-electron chi connectivity index (χ2n) is 4.63. The zero-order valence-electron chi connectivity index (χ0n) is 12.0. The van der Waals surface area contributed by atoms with E-state index in [0.717, 1.165) is 18.2 Å². The Labute approximate surface area is 129 Å². The summed E-state index contributed by atoms with van der Waals surface area (Å²) < 4.78 is 31.2. The molecule has 0 aromatic heterocycles. The number of nitro groups is 1. The Kier molecular flexibility index (Phi) is 4.85. The summed E-state index contributed by atoms with van der Waals surface area (Å²) in [6.07, 6.45) is -1.12. The number of rotatable bonds is 5. The molecule has 0 aliphatic carbocycles. The Balaban J connectivity index is 2.10. The molecule has 2 rings (SSSR count). The highest BCUT2D eigenvalue weighted by Gasteiger charge is 2.22. The van der Waals surface area contributed by atoms with Crippen LogP contribution < -0.4 is 10.1 Å². The van der Waals surface area contributed by atoms with Gasteiger partial charge >= 0.3 is 5.69 Å². The Bertz CT molecular complexity index is 735. The average molecular weight is 322 g/mol. The molecule has 0 bridgehead atoms. The number of nitrogens with zero attached hydrogens (tertiary/aromatic N) is 1. The largest absolute Gasteiger partial charge is 0.474 e. The highest BCUT2D eigenvalue weighted by molar-refractivity contribution is 5.94. The maximum atomic E-state index is 13.2. The van der Waals surface area contributed by atoms with Crippen molar-refractivity contribution in [3.8, 4) is 5.75 Å². The molecule has 120 valence electrons. The lowest BCUT2D eigenvalue weighted by atomic mass is 10.2. The number of carbonyl (C=O) groups is 1. The standard InChI is InChI=1S/C15H12F2N2O4/c1-9(15(20)18-12-5-2-10(16)3-6-12)23-14-8-11(17)4-7-13(14)19(21)22/h2-9H,1H3,(H,18,20). The summed E-state index contributed by atoms with van der Waals surface area (Å²) in [6, 6.07) is 7.75. The monoisotopic (exact) mass is 322 g/mol. The normalized spacial score (nSPS) is 11.6. The topological polar surface area (TPSA) is 81.5 Å². The lowest BCUT2D eigenvalue weighted by Crippen LogP contribution is -2.30. The van der Waals surface area contributed by atoms with Gasteiger partial charge in [0.05, 0.1) is 4.92 Å². The third-order valence-electron chi connectivity index (χ3n) is 2.90. The molecule has 1 unspecified atom stereocenters. The van der Waals surface area contributed by atoms with Gasteiger partial charge in [-0.1, -0.05) is 0 Å². The smallest absolute Gasteiger partial charge is 0.311 e. The number of halogens is 2. The van der Waals surface area contributed by atoms with Crippen molar-refractivity contribution in [3.05, 3.63) is 64.2 Å². The Morgan fingerprint density at radius 2 is 1.78 bits per heavy atom. The van der Waals surface area contributed by atoms with E-state index in [4.69, 9.17) is 4.74 Å². The van der Waals surface area contributed by atoms with Gasteiger partial charge in [-0.3, -0.25) is 14.9 Å². The molecule has 1 amide bonds. The van der Waals surface area contributed by atoms with Crippen LogP contribution in [-0.4, -0.2) is 16.9 Å². The van der Waals surface area contributed by atoms with Crippen LogP contribution in [-0.2, 0) is 4.79 Å². The van der Waals surface area contributed by atoms with Gasteiger partial charge in [0, 0.05) is 17.8 Å². The minimum absolute atomic E-state index is 0.334. The number of carbonyl (C=O) groups excluding carboxylic acids is 1.